The molecule has 184 valence electrons. The van der Waals surface area contributed by atoms with Crippen LogP contribution < -0.4 is 0 Å². The minimum atomic E-state index is 0.132. The van der Waals surface area contributed by atoms with E-state index in [1.807, 2.05) is 24.3 Å². The predicted octanol–water partition coefficient (Wildman–Crippen LogP) is 4.70. The number of rotatable bonds is 6. The SMILES string of the molecule is N#Cc1ccc(CN2CCC(C(=O)N3CCN(C(c4ccccc4)c4ccccc4)CC3)CC2)cc1. The van der Waals surface area contributed by atoms with Gasteiger partial charge in [0, 0.05) is 38.6 Å². The van der Waals surface area contributed by atoms with Gasteiger partial charge in [0.2, 0.25) is 5.91 Å². The van der Waals surface area contributed by atoms with Crippen molar-refractivity contribution < 1.29 is 4.79 Å². The Kier molecular flexibility index (Phi) is 7.76. The Balaban J connectivity index is 1.15. The van der Waals surface area contributed by atoms with Gasteiger partial charge in [-0.2, -0.15) is 5.26 Å². The zero-order chi connectivity index (χ0) is 24.7. The fraction of sp³-hybridized carbons (Fsp3) is 0.355. The average molecular weight is 479 g/mol. The normalized spacial score (nSPS) is 17.7. The number of nitrogens with zero attached hydrogens (tertiary/aromatic N) is 4. The maximum absolute atomic E-state index is 13.4. The molecule has 0 saturated carbocycles. The van der Waals surface area contributed by atoms with Gasteiger partial charge in [0.25, 0.3) is 0 Å². The molecule has 2 aliphatic rings. The molecule has 0 spiro atoms. The van der Waals surface area contributed by atoms with Crippen molar-refractivity contribution >= 4 is 5.91 Å². The van der Waals surface area contributed by atoms with Gasteiger partial charge in [-0.25, -0.2) is 0 Å². The van der Waals surface area contributed by atoms with Crippen molar-refractivity contribution in [2.75, 3.05) is 39.3 Å². The van der Waals surface area contributed by atoms with Crippen molar-refractivity contribution in [1.82, 2.24) is 14.7 Å². The second-order valence-corrected chi connectivity index (χ2v) is 9.94. The van der Waals surface area contributed by atoms with Crippen LogP contribution in [0, 0.1) is 17.2 Å². The molecule has 2 saturated heterocycles. The molecule has 2 heterocycles. The van der Waals surface area contributed by atoms with Crippen molar-refractivity contribution in [3.63, 3.8) is 0 Å². The van der Waals surface area contributed by atoms with E-state index in [4.69, 9.17) is 5.26 Å². The van der Waals surface area contributed by atoms with Crippen LogP contribution in [0.15, 0.2) is 84.9 Å². The number of carbonyl (C=O) groups excluding carboxylic acids is 1. The van der Waals surface area contributed by atoms with Gasteiger partial charge in [0.05, 0.1) is 17.7 Å². The number of piperidine rings is 1. The first-order chi connectivity index (χ1) is 17.7. The highest BCUT2D eigenvalue weighted by molar-refractivity contribution is 5.79. The topological polar surface area (TPSA) is 50.6 Å². The highest BCUT2D eigenvalue weighted by Crippen LogP contribution is 2.30. The molecular formula is C31H34N4O. The quantitative estimate of drug-likeness (QED) is 0.515. The minimum absolute atomic E-state index is 0.132. The predicted molar refractivity (Wildman–Crippen MR) is 142 cm³/mol. The molecule has 2 aliphatic heterocycles. The van der Waals surface area contributed by atoms with Gasteiger partial charge in [-0.1, -0.05) is 72.8 Å². The van der Waals surface area contributed by atoms with Crippen molar-refractivity contribution in [2.24, 2.45) is 5.92 Å². The van der Waals surface area contributed by atoms with Gasteiger partial charge in [0.15, 0.2) is 0 Å². The number of amides is 1. The van der Waals surface area contributed by atoms with E-state index in [9.17, 15) is 4.79 Å². The first kappa shape index (κ1) is 24.2. The smallest absolute Gasteiger partial charge is 0.225 e. The second kappa shape index (κ2) is 11.5. The van der Waals surface area contributed by atoms with Crippen LogP contribution in [0.25, 0.3) is 0 Å². The lowest BCUT2D eigenvalue weighted by Gasteiger charge is -2.41. The van der Waals surface area contributed by atoms with Crippen LogP contribution >= 0.6 is 0 Å². The molecule has 0 N–H and O–H groups in total. The Morgan fingerprint density at radius 1 is 0.778 bits per heavy atom. The number of benzene rings is 3. The maximum atomic E-state index is 13.4. The first-order valence-electron chi connectivity index (χ1n) is 13.1. The van der Waals surface area contributed by atoms with Crippen molar-refractivity contribution in [1.29, 1.82) is 5.26 Å². The summed E-state index contributed by atoms with van der Waals surface area (Å²) in [5.41, 5.74) is 4.53. The van der Waals surface area contributed by atoms with Gasteiger partial charge in [-0.15, -0.1) is 0 Å². The highest BCUT2D eigenvalue weighted by Gasteiger charge is 2.32. The average Bonchev–Trinajstić information content (AvgIpc) is 2.95. The summed E-state index contributed by atoms with van der Waals surface area (Å²) in [4.78, 5) is 20.4. The molecule has 0 aliphatic carbocycles. The van der Waals surface area contributed by atoms with E-state index in [1.54, 1.807) is 0 Å². The van der Waals surface area contributed by atoms with Crippen molar-refractivity contribution in [3.8, 4) is 6.07 Å². The number of hydrogen-bond acceptors (Lipinski definition) is 4. The summed E-state index contributed by atoms with van der Waals surface area (Å²) in [6.45, 7) is 6.13. The molecule has 5 nitrogen and oxygen atoms in total. The van der Waals surface area contributed by atoms with Gasteiger partial charge in [0.1, 0.15) is 0 Å². The van der Waals surface area contributed by atoms with Crippen molar-refractivity contribution in [2.45, 2.75) is 25.4 Å². The van der Waals surface area contributed by atoms with E-state index in [2.05, 4.69) is 81.4 Å². The lowest BCUT2D eigenvalue weighted by atomic mass is 9.94. The number of nitriles is 1. The summed E-state index contributed by atoms with van der Waals surface area (Å²) in [6, 6.07) is 31.6. The molecule has 1 amide bonds. The second-order valence-electron chi connectivity index (χ2n) is 9.94. The molecule has 2 fully saturated rings. The number of likely N-dealkylation sites (tertiary alicyclic amines) is 1. The van der Waals surface area contributed by atoms with Gasteiger partial charge in [-0.3, -0.25) is 14.6 Å². The van der Waals surface area contributed by atoms with Crippen LogP contribution in [0.3, 0.4) is 0 Å². The largest absolute Gasteiger partial charge is 0.340 e. The Morgan fingerprint density at radius 2 is 1.33 bits per heavy atom. The standard InChI is InChI=1S/C31H34N4O/c32-23-25-11-13-26(14-12-25)24-33-17-15-29(16-18-33)31(36)35-21-19-34(20-22-35)30(27-7-3-1-4-8-27)28-9-5-2-6-10-28/h1-14,29-30H,15-22,24H2. The molecule has 0 atom stereocenters. The van der Waals surface area contributed by atoms with Gasteiger partial charge >= 0.3 is 0 Å². The van der Waals surface area contributed by atoms with Crippen LogP contribution in [-0.2, 0) is 11.3 Å². The van der Waals surface area contributed by atoms with Crippen LogP contribution in [0.2, 0.25) is 0 Å². The molecule has 5 heteroatoms. The zero-order valence-electron chi connectivity index (χ0n) is 20.8. The Bertz CT molecular complexity index is 1120. The lowest BCUT2D eigenvalue weighted by Crippen LogP contribution is -2.52. The molecular weight excluding hydrogens is 444 g/mol. The van der Waals surface area contributed by atoms with E-state index in [1.165, 1.54) is 16.7 Å². The molecule has 3 aromatic carbocycles. The number of hydrogen-bond donors (Lipinski definition) is 0. The van der Waals surface area contributed by atoms with Crippen molar-refractivity contribution in [3.05, 3.63) is 107 Å². The van der Waals surface area contributed by atoms with Crippen LogP contribution in [-0.4, -0.2) is 59.9 Å². The lowest BCUT2D eigenvalue weighted by molar-refractivity contribution is -0.139. The number of carbonyl (C=O) groups is 1. The van der Waals surface area contributed by atoms with Gasteiger partial charge in [-0.05, 0) is 54.8 Å². The molecule has 5 rings (SSSR count). The van der Waals surface area contributed by atoms with E-state index >= 15 is 0 Å². The zero-order valence-corrected chi connectivity index (χ0v) is 20.8. The molecule has 0 unspecified atom stereocenters. The Labute approximate surface area is 214 Å². The maximum Gasteiger partial charge on any atom is 0.225 e. The van der Waals surface area contributed by atoms with E-state index in [-0.39, 0.29) is 12.0 Å². The monoisotopic (exact) mass is 478 g/mol. The van der Waals surface area contributed by atoms with Gasteiger partial charge < -0.3 is 4.90 Å². The van der Waals surface area contributed by atoms with E-state index in [0.29, 0.717) is 11.5 Å². The summed E-state index contributed by atoms with van der Waals surface area (Å²) in [6.07, 6.45) is 1.85. The summed E-state index contributed by atoms with van der Waals surface area (Å²) in [5.74, 6) is 0.469. The summed E-state index contributed by atoms with van der Waals surface area (Å²) >= 11 is 0. The van der Waals surface area contributed by atoms with Crippen LogP contribution in [0.4, 0.5) is 0 Å². The number of piperazine rings is 1. The fourth-order valence-corrected chi connectivity index (χ4v) is 5.62. The first-order valence-corrected chi connectivity index (χ1v) is 13.1. The minimum Gasteiger partial charge on any atom is -0.340 e. The van der Waals surface area contributed by atoms with Crippen LogP contribution in [0.5, 0.6) is 0 Å². The third kappa shape index (κ3) is 5.67. The molecule has 0 bridgehead atoms. The highest BCUT2D eigenvalue weighted by atomic mass is 16.2. The summed E-state index contributed by atoms with van der Waals surface area (Å²) in [5, 5.41) is 8.99. The molecule has 3 aromatic rings. The van der Waals surface area contributed by atoms with E-state index in [0.717, 1.165) is 58.7 Å². The Morgan fingerprint density at radius 3 is 1.86 bits per heavy atom. The fourth-order valence-electron chi connectivity index (χ4n) is 5.62. The third-order valence-electron chi connectivity index (χ3n) is 7.65. The summed E-state index contributed by atoms with van der Waals surface area (Å²) < 4.78 is 0. The Hall–Kier alpha value is -3.46. The van der Waals surface area contributed by atoms with Crippen LogP contribution in [0.1, 0.15) is 41.1 Å². The van der Waals surface area contributed by atoms with E-state index < -0.39 is 0 Å². The molecule has 0 aromatic heterocycles. The third-order valence-corrected chi connectivity index (χ3v) is 7.65. The molecule has 0 radical (unpaired) electrons. The molecule has 36 heavy (non-hydrogen) atoms. The summed E-state index contributed by atoms with van der Waals surface area (Å²) in [7, 11) is 0.